The van der Waals surface area contributed by atoms with Gasteiger partial charge in [-0.3, -0.25) is 0 Å². The molecule has 0 atom stereocenters. The number of anilines is 1. The molecule has 1 fully saturated rings. The zero-order chi connectivity index (χ0) is 24.8. The van der Waals surface area contributed by atoms with E-state index in [2.05, 4.69) is 15.2 Å². The average molecular weight is 535 g/mol. The van der Waals surface area contributed by atoms with Gasteiger partial charge in [0, 0.05) is 29.8 Å². The van der Waals surface area contributed by atoms with Gasteiger partial charge in [0.05, 0.1) is 36.0 Å². The molecule has 2 aromatic carbocycles. The minimum Gasteiger partial charge on any atom is -0.497 e. The predicted molar refractivity (Wildman–Crippen MR) is 141 cm³/mol. The van der Waals surface area contributed by atoms with Crippen molar-refractivity contribution in [2.75, 3.05) is 31.7 Å². The Bertz CT molecular complexity index is 1150. The first-order valence-corrected chi connectivity index (χ1v) is 13.3. The lowest BCUT2D eigenvalue weighted by Gasteiger charge is -2.33. The highest BCUT2D eigenvalue weighted by molar-refractivity contribution is 7.99. The van der Waals surface area contributed by atoms with Crippen molar-refractivity contribution in [1.29, 1.82) is 0 Å². The highest BCUT2D eigenvalue weighted by atomic mass is 35.5. The summed E-state index contributed by atoms with van der Waals surface area (Å²) in [6, 6.07) is 13.6. The number of hydrogen-bond acceptors (Lipinski definition) is 7. The van der Waals surface area contributed by atoms with Gasteiger partial charge in [-0.2, -0.15) is 11.8 Å². The molecule has 4 rings (SSSR count). The van der Waals surface area contributed by atoms with Gasteiger partial charge in [0.2, 0.25) is 0 Å². The lowest BCUT2D eigenvalue weighted by atomic mass is 10.1. The molecule has 0 amide bonds. The Labute approximate surface area is 219 Å². The molecule has 7 nitrogen and oxygen atoms in total. The zero-order valence-corrected chi connectivity index (χ0v) is 22.1. The van der Waals surface area contributed by atoms with Gasteiger partial charge in [-0.25, -0.2) is 9.48 Å². The second-order valence-corrected chi connectivity index (χ2v) is 10.3. The van der Waals surface area contributed by atoms with Crippen LogP contribution in [0.1, 0.15) is 41.5 Å². The van der Waals surface area contributed by atoms with Crippen molar-refractivity contribution in [2.24, 2.45) is 0 Å². The number of thioether (sulfide) groups is 1. The summed E-state index contributed by atoms with van der Waals surface area (Å²) in [5.74, 6) is 0.996. The van der Waals surface area contributed by atoms with Crippen molar-refractivity contribution < 1.29 is 14.3 Å². The van der Waals surface area contributed by atoms with E-state index >= 15 is 0 Å². The largest absolute Gasteiger partial charge is 0.497 e. The smallest absolute Gasteiger partial charge is 0.360 e. The number of carbonyl (C=O) groups is 1. The van der Waals surface area contributed by atoms with E-state index in [9.17, 15) is 4.79 Å². The fourth-order valence-electron chi connectivity index (χ4n) is 4.02. The molecule has 10 heteroatoms. The van der Waals surface area contributed by atoms with E-state index in [0.29, 0.717) is 39.9 Å². The molecule has 3 aromatic rings. The van der Waals surface area contributed by atoms with Gasteiger partial charge in [0.1, 0.15) is 5.75 Å². The van der Waals surface area contributed by atoms with E-state index in [0.717, 1.165) is 48.6 Å². The molecule has 0 unspecified atom stereocenters. The van der Waals surface area contributed by atoms with Gasteiger partial charge >= 0.3 is 5.97 Å². The van der Waals surface area contributed by atoms with Gasteiger partial charge in [-0.05, 0) is 55.7 Å². The summed E-state index contributed by atoms with van der Waals surface area (Å²) >= 11 is 14.1. The van der Waals surface area contributed by atoms with Crippen LogP contribution < -0.4 is 9.64 Å². The summed E-state index contributed by atoms with van der Waals surface area (Å²) in [6.45, 7) is 4.47. The number of hydrogen-bond donors (Lipinski definition) is 0. The first-order valence-electron chi connectivity index (χ1n) is 11.5. The van der Waals surface area contributed by atoms with E-state index in [1.54, 1.807) is 18.7 Å². The number of esters is 1. The molecule has 0 N–H and O–H groups in total. The number of methoxy groups -OCH3 is 1. The van der Waals surface area contributed by atoms with Crippen LogP contribution in [-0.4, -0.2) is 53.0 Å². The highest BCUT2D eigenvalue weighted by Crippen LogP contribution is 2.32. The molecule has 1 aromatic heterocycles. The minimum atomic E-state index is -0.432. The van der Waals surface area contributed by atoms with Crippen molar-refractivity contribution in [3.8, 4) is 5.75 Å². The maximum absolute atomic E-state index is 12.5. The fraction of sp³-hybridized carbons (Fsp3) is 0.400. The summed E-state index contributed by atoms with van der Waals surface area (Å²) < 4.78 is 12.3. The van der Waals surface area contributed by atoms with Crippen LogP contribution in [0.5, 0.6) is 5.75 Å². The number of aromatic nitrogens is 3. The Morgan fingerprint density at radius 1 is 1.11 bits per heavy atom. The number of piperidine rings is 1. The predicted octanol–water partition coefficient (Wildman–Crippen LogP) is 5.72. The van der Waals surface area contributed by atoms with Crippen LogP contribution in [0.3, 0.4) is 0 Å². The molecule has 0 bridgehead atoms. The summed E-state index contributed by atoms with van der Waals surface area (Å²) in [6.07, 6.45) is 2.05. The Hall–Kier alpha value is -2.42. The number of ether oxygens (including phenoxy) is 2. The SMILES string of the molecule is CCOC(=O)c1nnn(Cc2ccc(OC)cc2)c1CSC1CCN(c2ccc(Cl)c(Cl)c2)CC1. The normalized spacial score (nSPS) is 14.2. The third-order valence-corrected chi connectivity index (χ3v) is 8.09. The van der Waals surface area contributed by atoms with Crippen LogP contribution in [0.4, 0.5) is 5.69 Å². The van der Waals surface area contributed by atoms with Crippen molar-refractivity contribution >= 4 is 46.6 Å². The third kappa shape index (κ3) is 6.42. The summed E-state index contributed by atoms with van der Waals surface area (Å²) in [5.41, 5.74) is 3.22. The Morgan fingerprint density at radius 2 is 1.86 bits per heavy atom. The van der Waals surface area contributed by atoms with Crippen LogP contribution in [0.25, 0.3) is 0 Å². The van der Waals surface area contributed by atoms with Crippen LogP contribution in [-0.2, 0) is 17.0 Å². The minimum absolute atomic E-state index is 0.293. The summed E-state index contributed by atoms with van der Waals surface area (Å²) in [7, 11) is 1.64. The first-order chi connectivity index (χ1) is 17.0. The van der Waals surface area contributed by atoms with Crippen molar-refractivity contribution in [2.45, 2.75) is 37.3 Å². The lowest BCUT2D eigenvalue weighted by molar-refractivity contribution is 0.0518. The van der Waals surface area contributed by atoms with Gasteiger partial charge < -0.3 is 14.4 Å². The molecule has 0 radical (unpaired) electrons. The molecule has 0 aliphatic carbocycles. The fourth-order valence-corrected chi connectivity index (χ4v) is 5.54. The van der Waals surface area contributed by atoms with Gasteiger partial charge in [-0.1, -0.05) is 40.5 Å². The molecule has 1 saturated heterocycles. The van der Waals surface area contributed by atoms with Crippen molar-refractivity contribution in [3.63, 3.8) is 0 Å². The standard InChI is InChI=1S/C25H28Cl2N4O3S/c1-3-34-25(32)24-23(31(29-28-24)15-17-4-7-19(33-2)8-5-17)16-35-20-10-12-30(13-11-20)18-6-9-21(26)22(27)14-18/h4-9,14,20H,3,10-13,15-16H2,1-2H3. The average Bonchev–Trinajstić information content (AvgIpc) is 3.27. The summed E-state index contributed by atoms with van der Waals surface area (Å²) in [4.78, 5) is 14.9. The van der Waals surface area contributed by atoms with Crippen LogP contribution in [0.15, 0.2) is 42.5 Å². The quantitative estimate of drug-likeness (QED) is 0.325. The number of rotatable bonds is 9. The molecule has 2 heterocycles. The second-order valence-electron chi connectivity index (χ2n) is 8.21. The molecule has 35 heavy (non-hydrogen) atoms. The van der Waals surface area contributed by atoms with E-state index in [1.807, 2.05) is 54.2 Å². The van der Waals surface area contributed by atoms with E-state index in [1.165, 1.54) is 0 Å². The number of benzene rings is 2. The van der Waals surface area contributed by atoms with Gasteiger partial charge in [0.25, 0.3) is 0 Å². The molecule has 0 saturated carbocycles. The molecule has 0 spiro atoms. The van der Waals surface area contributed by atoms with Gasteiger partial charge in [0.15, 0.2) is 5.69 Å². The van der Waals surface area contributed by atoms with Crippen molar-refractivity contribution in [3.05, 3.63) is 69.5 Å². The second kappa shape index (κ2) is 12.0. The Balaban J connectivity index is 1.42. The molecule has 1 aliphatic heterocycles. The maximum Gasteiger partial charge on any atom is 0.360 e. The monoisotopic (exact) mass is 534 g/mol. The topological polar surface area (TPSA) is 69.5 Å². The van der Waals surface area contributed by atoms with Crippen LogP contribution in [0.2, 0.25) is 10.0 Å². The number of nitrogens with zero attached hydrogens (tertiary/aromatic N) is 4. The van der Waals surface area contributed by atoms with Crippen LogP contribution in [0, 0.1) is 0 Å². The lowest BCUT2D eigenvalue weighted by Crippen LogP contribution is -2.34. The van der Waals surface area contributed by atoms with E-state index < -0.39 is 5.97 Å². The highest BCUT2D eigenvalue weighted by Gasteiger charge is 2.25. The maximum atomic E-state index is 12.5. The van der Waals surface area contributed by atoms with Crippen molar-refractivity contribution in [1.82, 2.24) is 15.0 Å². The Morgan fingerprint density at radius 3 is 2.51 bits per heavy atom. The molecular weight excluding hydrogens is 507 g/mol. The number of halogens is 2. The van der Waals surface area contributed by atoms with Gasteiger partial charge in [-0.15, -0.1) is 5.10 Å². The summed E-state index contributed by atoms with van der Waals surface area (Å²) in [5, 5.41) is 10.0. The Kier molecular flexibility index (Phi) is 8.81. The molecule has 1 aliphatic rings. The molecular formula is C25H28Cl2N4O3S. The number of carbonyl (C=O) groups excluding carboxylic acids is 1. The zero-order valence-electron chi connectivity index (χ0n) is 19.7. The van der Waals surface area contributed by atoms with Crippen LogP contribution >= 0.6 is 35.0 Å². The molecule has 186 valence electrons. The third-order valence-electron chi connectivity index (χ3n) is 5.96. The first kappa shape index (κ1) is 25.7. The van der Waals surface area contributed by atoms with E-state index in [4.69, 9.17) is 32.7 Å². The van der Waals surface area contributed by atoms with E-state index in [-0.39, 0.29) is 0 Å².